The van der Waals surface area contributed by atoms with Crippen LogP contribution in [0.5, 0.6) is 5.75 Å². The largest absolute Gasteiger partial charge is 0.497 e. The van der Waals surface area contributed by atoms with Crippen LogP contribution in [-0.2, 0) is 6.18 Å². The predicted molar refractivity (Wildman–Crippen MR) is 64.4 cm³/mol. The first-order valence-electron chi connectivity index (χ1n) is 5.76. The van der Waals surface area contributed by atoms with E-state index in [1.54, 1.807) is 0 Å². The Balaban J connectivity index is 3.18. The lowest BCUT2D eigenvalue weighted by Gasteiger charge is -2.20. The fourth-order valence-corrected chi connectivity index (χ4v) is 1.87. The van der Waals surface area contributed by atoms with E-state index in [0.29, 0.717) is 6.42 Å². The molecular formula is C13H18F3NO. The smallest absolute Gasteiger partial charge is 0.416 e. The van der Waals surface area contributed by atoms with Gasteiger partial charge in [-0.1, -0.05) is 19.9 Å². The molecule has 0 bridgehead atoms. The molecule has 1 aromatic carbocycles. The van der Waals surface area contributed by atoms with E-state index in [-0.39, 0.29) is 17.2 Å². The summed E-state index contributed by atoms with van der Waals surface area (Å²) >= 11 is 0. The van der Waals surface area contributed by atoms with Crippen molar-refractivity contribution in [3.05, 3.63) is 29.3 Å². The van der Waals surface area contributed by atoms with Crippen LogP contribution >= 0.6 is 0 Å². The first-order valence-corrected chi connectivity index (χ1v) is 5.76. The monoisotopic (exact) mass is 261 g/mol. The van der Waals surface area contributed by atoms with E-state index in [1.807, 2.05) is 13.8 Å². The summed E-state index contributed by atoms with van der Waals surface area (Å²) in [4.78, 5) is 0. The van der Waals surface area contributed by atoms with Crippen molar-refractivity contribution in [3.63, 3.8) is 0 Å². The van der Waals surface area contributed by atoms with Crippen LogP contribution in [0.25, 0.3) is 0 Å². The van der Waals surface area contributed by atoms with Crippen molar-refractivity contribution in [2.45, 2.75) is 32.5 Å². The minimum atomic E-state index is -4.42. The molecule has 0 unspecified atom stereocenters. The van der Waals surface area contributed by atoms with Crippen LogP contribution in [0, 0.1) is 5.92 Å². The predicted octanol–water partition coefficient (Wildman–Crippen LogP) is 3.76. The Morgan fingerprint density at radius 2 is 1.89 bits per heavy atom. The molecule has 0 heterocycles. The fourth-order valence-electron chi connectivity index (χ4n) is 1.87. The second-order valence-electron chi connectivity index (χ2n) is 4.69. The molecule has 0 amide bonds. The van der Waals surface area contributed by atoms with Crippen molar-refractivity contribution in [3.8, 4) is 5.75 Å². The van der Waals surface area contributed by atoms with Gasteiger partial charge in [0, 0.05) is 6.04 Å². The van der Waals surface area contributed by atoms with Crippen LogP contribution in [-0.4, -0.2) is 7.11 Å². The Morgan fingerprint density at radius 3 is 2.33 bits per heavy atom. The average molecular weight is 261 g/mol. The first-order chi connectivity index (χ1) is 8.25. The molecule has 0 radical (unpaired) electrons. The number of halogens is 3. The second kappa shape index (κ2) is 5.61. The van der Waals surface area contributed by atoms with Gasteiger partial charge in [0.05, 0.1) is 12.7 Å². The van der Waals surface area contributed by atoms with Crippen LogP contribution in [0.4, 0.5) is 13.2 Å². The third kappa shape index (κ3) is 3.63. The molecule has 0 saturated carbocycles. The molecule has 2 N–H and O–H groups in total. The molecule has 1 atom stereocenters. The highest BCUT2D eigenvalue weighted by Crippen LogP contribution is 2.37. The van der Waals surface area contributed by atoms with E-state index in [1.165, 1.54) is 19.2 Å². The van der Waals surface area contributed by atoms with Crippen LogP contribution in [0.15, 0.2) is 18.2 Å². The van der Waals surface area contributed by atoms with Crippen LogP contribution in [0.2, 0.25) is 0 Å². The summed E-state index contributed by atoms with van der Waals surface area (Å²) in [5.41, 5.74) is 5.25. The fraction of sp³-hybridized carbons (Fsp3) is 0.538. The van der Waals surface area contributed by atoms with Crippen molar-refractivity contribution in [1.29, 1.82) is 0 Å². The summed E-state index contributed by atoms with van der Waals surface area (Å²) in [6.45, 7) is 3.85. The molecule has 0 aliphatic heterocycles. The number of ether oxygens (including phenoxy) is 1. The number of rotatable bonds is 4. The molecule has 0 aromatic heterocycles. The summed E-state index contributed by atoms with van der Waals surface area (Å²) in [6.07, 6.45) is -3.91. The molecule has 1 aromatic rings. The maximum Gasteiger partial charge on any atom is 0.416 e. The van der Waals surface area contributed by atoms with Crippen molar-refractivity contribution in [1.82, 2.24) is 0 Å². The zero-order valence-corrected chi connectivity index (χ0v) is 10.7. The number of hydrogen-bond acceptors (Lipinski definition) is 2. The third-order valence-corrected chi connectivity index (χ3v) is 2.69. The van der Waals surface area contributed by atoms with Gasteiger partial charge in [-0.2, -0.15) is 13.2 Å². The SMILES string of the molecule is COc1ccc([C@H](N)CC(C)C)c(C(F)(F)F)c1. The number of methoxy groups -OCH3 is 1. The number of alkyl halides is 3. The lowest BCUT2D eigenvalue weighted by Crippen LogP contribution is -2.19. The molecule has 102 valence electrons. The molecule has 0 aliphatic carbocycles. The molecule has 0 saturated heterocycles. The third-order valence-electron chi connectivity index (χ3n) is 2.69. The van der Waals surface area contributed by atoms with Crippen molar-refractivity contribution < 1.29 is 17.9 Å². The van der Waals surface area contributed by atoms with Crippen LogP contribution in [0.1, 0.15) is 37.4 Å². The minimum Gasteiger partial charge on any atom is -0.497 e. The van der Waals surface area contributed by atoms with Gasteiger partial charge in [0.2, 0.25) is 0 Å². The molecule has 2 nitrogen and oxygen atoms in total. The topological polar surface area (TPSA) is 35.2 Å². The molecule has 5 heteroatoms. The van der Waals surface area contributed by atoms with E-state index in [2.05, 4.69) is 0 Å². The Morgan fingerprint density at radius 1 is 1.28 bits per heavy atom. The Kier molecular flexibility index (Phi) is 4.62. The van der Waals surface area contributed by atoms with Gasteiger partial charge in [0.15, 0.2) is 0 Å². The van der Waals surface area contributed by atoms with E-state index in [9.17, 15) is 13.2 Å². The molecule has 0 aliphatic rings. The van der Waals surface area contributed by atoms with Gasteiger partial charge in [0.1, 0.15) is 5.75 Å². The zero-order chi connectivity index (χ0) is 13.9. The molecule has 1 rings (SSSR count). The Bertz CT molecular complexity index is 402. The summed E-state index contributed by atoms with van der Waals surface area (Å²) in [6, 6.07) is 3.28. The van der Waals surface area contributed by atoms with Gasteiger partial charge in [-0.15, -0.1) is 0 Å². The second-order valence-corrected chi connectivity index (χ2v) is 4.69. The van der Waals surface area contributed by atoms with Gasteiger partial charge in [-0.05, 0) is 30.0 Å². The summed E-state index contributed by atoms with van der Waals surface area (Å²) < 4.78 is 43.7. The standard InChI is InChI=1S/C13H18F3NO/c1-8(2)6-12(17)10-5-4-9(18-3)7-11(10)13(14,15)16/h4-5,7-8,12H,6,17H2,1-3H3/t12-/m1/s1. The summed E-state index contributed by atoms with van der Waals surface area (Å²) in [5, 5.41) is 0. The van der Waals surface area contributed by atoms with Gasteiger partial charge in [0.25, 0.3) is 0 Å². The van der Waals surface area contributed by atoms with Gasteiger partial charge < -0.3 is 10.5 Å². The highest BCUT2D eigenvalue weighted by atomic mass is 19.4. The quantitative estimate of drug-likeness (QED) is 0.895. The Hall–Kier alpha value is -1.23. The maximum atomic E-state index is 13.0. The highest BCUT2D eigenvalue weighted by Gasteiger charge is 2.35. The van der Waals surface area contributed by atoms with E-state index in [0.717, 1.165) is 6.07 Å². The lowest BCUT2D eigenvalue weighted by molar-refractivity contribution is -0.138. The van der Waals surface area contributed by atoms with Crippen molar-refractivity contribution >= 4 is 0 Å². The summed E-state index contributed by atoms with van der Waals surface area (Å²) in [7, 11) is 1.34. The average Bonchev–Trinajstić information content (AvgIpc) is 2.26. The zero-order valence-electron chi connectivity index (χ0n) is 10.7. The lowest BCUT2D eigenvalue weighted by atomic mass is 9.93. The highest BCUT2D eigenvalue weighted by molar-refractivity contribution is 5.39. The van der Waals surface area contributed by atoms with E-state index in [4.69, 9.17) is 10.5 Å². The van der Waals surface area contributed by atoms with E-state index >= 15 is 0 Å². The van der Waals surface area contributed by atoms with Crippen LogP contribution in [0.3, 0.4) is 0 Å². The first kappa shape index (κ1) is 14.8. The van der Waals surface area contributed by atoms with Crippen molar-refractivity contribution in [2.75, 3.05) is 7.11 Å². The van der Waals surface area contributed by atoms with E-state index < -0.39 is 17.8 Å². The normalized spacial score (nSPS) is 13.8. The maximum absolute atomic E-state index is 13.0. The van der Waals surface area contributed by atoms with Gasteiger partial charge in [-0.3, -0.25) is 0 Å². The molecule has 18 heavy (non-hydrogen) atoms. The number of nitrogens with two attached hydrogens (primary N) is 1. The van der Waals surface area contributed by atoms with Crippen LogP contribution < -0.4 is 10.5 Å². The Labute approximate surface area is 105 Å². The minimum absolute atomic E-state index is 0.122. The number of hydrogen-bond donors (Lipinski definition) is 1. The van der Waals surface area contributed by atoms with Gasteiger partial charge >= 0.3 is 6.18 Å². The molecular weight excluding hydrogens is 243 g/mol. The molecule has 0 spiro atoms. The number of benzene rings is 1. The summed E-state index contributed by atoms with van der Waals surface area (Å²) in [5.74, 6) is 0.422. The van der Waals surface area contributed by atoms with Crippen molar-refractivity contribution in [2.24, 2.45) is 11.7 Å². The van der Waals surface area contributed by atoms with Gasteiger partial charge in [-0.25, -0.2) is 0 Å². The molecule has 0 fully saturated rings.